The molecule has 1 unspecified atom stereocenters. The Morgan fingerprint density at radius 2 is 1.63 bits per heavy atom. The molecule has 10 nitrogen and oxygen atoms in total. The number of rotatable bonds is 3. The number of pyridine rings is 2. The third kappa shape index (κ3) is 4.58. The van der Waals surface area contributed by atoms with Gasteiger partial charge in [-0.1, -0.05) is 27.2 Å². The fraction of sp³-hybridized carbons (Fsp3) is 0.516. The minimum Gasteiger partial charge on any atom is -0.486 e. The molecule has 1 atom stereocenters. The van der Waals surface area contributed by atoms with E-state index < -0.39 is 11.6 Å². The van der Waals surface area contributed by atoms with Crippen LogP contribution in [0.3, 0.4) is 0 Å². The van der Waals surface area contributed by atoms with Gasteiger partial charge in [-0.25, -0.2) is 9.78 Å². The van der Waals surface area contributed by atoms with Crippen molar-refractivity contribution >= 4 is 16.9 Å². The number of ether oxygens (including phenoxy) is 3. The molecule has 0 spiro atoms. The molecular formula is C31H38N4O6. The van der Waals surface area contributed by atoms with Gasteiger partial charge in [-0.2, -0.15) is 0 Å². The van der Waals surface area contributed by atoms with Gasteiger partial charge < -0.3 is 28.8 Å². The molecule has 4 aliphatic rings. The van der Waals surface area contributed by atoms with Crippen LogP contribution in [0.25, 0.3) is 22.3 Å². The summed E-state index contributed by atoms with van der Waals surface area (Å²) in [6.45, 7) is 11.8. The summed E-state index contributed by atoms with van der Waals surface area (Å²) in [7, 11) is 2.14. The summed E-state index contributed by atoms with van der Waals surface area (Å²) in [5.74, 6) is 0.642. The van der Waals surface area contributed by atoms with E-state index in [0.717, 1.165) is 54.8 Å². The molecule has 218 valence electrons. The second kappa shape index (κ2) is 10.7. The second-order valence-electron chi connectivity index (χ2n) is 11.3. The van der Waals surface area contributed by atoms with Crippen LogP contribution < -0.4 is 15.0 Å². The number of aromatic nitrogens is 2. The zero-order valence-corrected chi connectivity index (χ0v) is 24.3. The number of benzene rings is 1. The van der Waals surface area contributed by atoms with E-state index in [1.54, 1.807) is 17.6 Å². The molecule has 0 amide bonds. The second-order valence-corrected chi connectivity index (χ2v) is 11.3. The third-order valence-electron chi connectivity index (χ3n) is 8.45. The maximum Gasteiger partial charge on any atom is 0.343 e. The van der Waals surface area contributed by atoms with Crippen molar-refractivity contribution in [3.05, 3.63) is 50.8 Å². The summed E-state index contributed by atoms with van der Waals surface area (Å²) < 4.78 is 18.7. The van der Waals surface area contributed by atoms with Gasteiger partial charge in [0.1, 0.15) is 19.8 Å². The number of piperazine rings is 1. The highest BCUT2D eigenvalue weighted by Gasteiger charge is 2.45. The molecule has 2 aromatic heterocycles. The highest BCUT2D eigenvalue weighted by molar-refractivity contribution is 5.91. The van der Waals surface area contributed by atoms with E-state index in [4.69, 9.17) is 19.2 Å². The first-order valence-electron chi connectivity index (χ1n) is 14.6. The van der Waals surface area contributed by atoms with Crippen LogP contribution in [0, 0.1) is 0 Å². The average molecular weight is 563 g/mol. The molecule has 1 fully saturated rings. The van der Waals surface area contributed by atoms with Crippen LogP contribution in [0.1, 0.15) is 55.9 Å². The molecular weight excluding hydrogens is 524 g/mol. The molecule has 4 aliphatic heterocycles. The molecule has 0 aliphatic carbocycles. The van der Waals surface area contributed by atoms with Crippen molar-refractivity contribution in [1.29, 1.82) is 0 Å². The molecule has 7 rings (SSSR count). The predicted molar refractivity (Wildman–Crippen MR) is 154 cm³/mol. The fourth-order valence-corrected chi connectivity index (χ4v) is 6.11. The summed E-state index contributed by atoms with van der Waals surface area (Å²) in [5, 5.41) is 12.2. The SMILES string of the molecule is CCC.CCC1(O)C(=O)OCc2c1cc1n(c2=O)Cc2c-1nc1cc3c(cc1c2CN1CCN(C)CC1)OCCO3. The van der Waals surface area contributed by atoms with Gasteiger partial charge in [0.05, 0.1) is 29.0 Å². The van der Waals surface area contributed by atoms with Gasteiger partial charge in [-0.3, -0.25) is 9.69 Å². The Labute approximate surface area is 239 Å². The molecule has 10 heteroatoms. The van der Waals surface area contributed by atoms with Crippen molar-refractivity contribution in [1.82, 2.24) is 19.4 Å². The summed E-state index contributed by atoms with van der Waals surface area (Å²) >= 11 is 0. The smallest absolute Gasteiger partial charge is 0.343 e. The number of nitrogens with zero attached hydrogens (tertiary/aromatic N) is 4. The van der Waals surface area contributed by atoms with Gasteiger partial charge >= 0.3 is 5.97 Å². The topological polar surface area (TPSA) is 106 Å². The Kier molecular flexibility index (Phi) is 7.25. The van der Waals surface area contributed by atoms with Crippen molar-refractivity contribution in [3.63, 3.8) is 0 Å². The van der Waals surface area contributed by atoms with Crippen LogP contribution in [0.4, 0.5) is 0 Å². The van der Waals surface area contributed by atoms with E-state index in [1.807, 2.05) is 12.1 Å². The zero-order valence-electron chi connectivity index (χ0n) is 24.3. The Hall–Kier alpha value is -3.47. The van der Waals surface area contributed by atoms with Crippen molar-refractivity contribution in [3.8, 4) is 22.9 Å². The summed E-state index contributed by atoms with van der Waals surface area (Å²) in [6, 6.07) is 5.70. The molecule has 3 aromatic rings. The van der Waals surface area contributed by atoms with E-state index in [1.165, 1.54) is 6.42 Å². The van der Waals surface area contributed by atoms with E-state index in [9.17, 15) is 14.7 Å². The lowest BCUT2D eigenvalue weighted by atomic mass is 9.86. The van der Waals surface area contributed by atoms with E-state index in [-0.39, 0.29) is 18.6 Å². The van der Waals surface area contributed by atoms with Gasteiger partial charge in [-0.05, 0) is 31.2 Å². The summed E-state index contributed by atoms with van der Waals surface area (Å²) in [4.78, 5) is 36.0. The highest BCUT2D eigenvalue weighted by Crippen LogP contribution is 2.43. The predicted octanol–water partition coefficient (Wildman–Crippen LogP) is 3.01. The van der Waals surface area contributed by atoms with E-state index in [2.05, 4.69) is 30.7 Å². The largest absolute Gasteiger partial charge is 0.486 e. The van der Waals surface area contributed by atoms with Crippen LogP contribution in [-0.2, 0) is 34.8 Å². The van der Waals surface area contributed by atoms with Crippen LogP contribution in [0.2, 0.25) is 0 Å². The Bertz CT molecular complexity index is 1580. The lowest BCUT2D eigenvalue weighted by molar-refractivity contribution is -0.172. The number of hydrogen-bond donors (Lipinski definition) is 1. The summed E-state index contributed by atoms with van der Waals surface area (Å²) in [6.07, 6.45) is 1.36. The molecule has 41 heavy (non-hydrogen) atoms. The quantitative estimate of drug-likeness (QED) is 0.377. The van der Waals surface area contributed by atoms with Crippen LogP contribution in [-0.4, -0.2) is 76.9 Å². The number of esters is 1. The number of aliphatic hydroxyl groups is 1. The Morgan fingerprint density at radius 3 is 2.32 bits per heavy atom. The maximum absolute atomic E-state index is 13.7. The maximum atomic E-state index is 13.7. The lowest BCUT2D eigenvalue weighted by Gasteiger charge is -2.33. The van der Waals surface area contributed by atoms with Crippen molar-refractivity contribution in [2.24, 2.45) is 0 Å². The first-order valence-corrected chi connectivity index (χ1v) is 14.6. The first kappa shape index (κ1) is 27.7. The van der Waals surface area contributed by atoms with Crippen LogP contribution in [0.5, 0.6) is 11.5 Å². The van der Waals surface area contributed by atoms with E-state index in [0.29, 0.717) is 53.8 Å². The van der Waals surface area contributed by atoms with E-state index >= 15 is 0 Å². The molecule has 6 heterocycles. The molecule has 1 saturated heterocycles. The number of cyclic esters (lactones) is 1. The number of likely N-dealkylation sites (N-methyl/N-ethyl adjacent to an activating group) is 1. The monoisotopic (exact) mass is 562 g/mol. The molecule has 0 bridgehead atoms. The van der Waals surface area contributed by atoms with Crippen molar-refractivity contribution in [2.45, 2.75) is 58.9 Å². The molecule has 1 N–H and O–H groups in total. The molecule has 0 radical (unpaired) electrons. The fourth-order valence-electron chi connectivity index (χ4n) is 6.11. The van der Waals surface area contributed by atoms with Crippen LogP contribution in [0.15, 0.2) is 23.0 Å². The number of carbonyl (C=O) groups is 1. The standard InChI is InChI=1S/C28H30N4O6.C3H8/c1-3-28(35)20-11-22-25-18(14-32(22)26(33)19(20)15-38-27(28)34)17(13-31-6-4-30(2)5-7-31)16-10-23-24(12-21(16)29-25)37-9-8-36-23;1-3-2/h10-12,35H,3-9,13-15H2,1-2H3;3H2,1-2H3. The molecule has 1 aromatic carbocycles. The normalized spacial score (nSPS) is 21.4. The van der Waals surface area contributed by atoms with Gasteiger partial charge in [-0.15, -0.1) is 0 Å². The van der Waals surface area contributed by atoms with Gasteiger partial charge in [0.2, 0.25) is 0 Å². The van der Waals surface area contributed by atoms with Gasteiger partial charge in [0.25, 0.3) is 5.56 Å². The highest BCUT2D eigenvalue weighted by atomic mass is 16.6. The first-order chi connectivity index (χ1) is 19.8. The minimum absolute atomic E-state index is 0.109. The average Bonchev–Trinajstić information content (AvgIpc) is 3.34. The number of carbonyl (C=O) groups excluding carboxylic acids is 1. The van der Waals surface area contributed by atoms with Gasteiger partial charge in [0.15, 0.2) is 17.1 Å². The van der Waals surface area contributed by atoms with Crippen molar-refractivity contribution < 1.29 is 24.1 Å². The van der Waals surface area contributed by atoms with Crippen LogP contribution >= 0.6 is 0 Å². The number of fused-ring (bicyclic) bond motifs is 6. The minimum atomic E-state index is -1.85. The van der Waals surface area contributed by atoms with Crippen molar-refractivity contribution in [2.75, 3.05) is 46.4 Å². The van der Waals surface area contributed by atoms with Gasteiger partial charge in [0, 0.05) is 55.3 Å². The number of hydrogen-bond acceptors (Lipinski definition) is 9. The molecule has 0 saturated carbocycles. The Balaban J connectivity index is 0.000000967. The third-order valence-corrected chi connectivity index (χ3v) is 8.45. The zero-order chi connectivity index (χ0) is 28.9. The summed E-state index contributed by atoms with van der Waals surface area (Å²) in [5.41, 5.74) is 2.73. The lowest BCUT2D eigenvalue weighted by Crippen LogP contribution is -2.44. The Morgan fingerprint density at radius 1 is 0.951 bits per heavy atom.